The predicted octanol–water partition coefficient (Wildman–Crippen LogP) is 4.02. The van der Waals surface area contributed by atoms with E-state index in [1.165, 1.54) is 11.1 Å². The number of fused-ring (bicyclic) bond motifs is 3. The van der Waals surface area contributed by atoms with Gasteiger partial charge in [0.1, 0.15) is 5.75 Å². The van der Waals surface area contributed by atoms with Crippen molar-refractivity contribution in [2.24, 2.45) is 5.92 Å². The minimum atomic E-state index is -0.264. The number of carbonyl (C=O) groups excluding carboxylic acids is 1. The maximum atomic E-state index is 13.8. The fourth-order valence-electron chi connectivity index (χ4n) is 5.14. The van der Waals surface area contributed by atoms with Gasteiger partial charge in [-0.2, -0.15) is 0 Å². The summed E-state index contributed by atoms with van der Waals surface area (Å²) in [7, 11) is 1.64. The summed E-state index contributed by atoms with van der Waals surface area (Å²) in [6.07, 6.45) is 0.874. The standard InChI is InChI=1S/C26H26N2O3/c1-31-21-13-11-19(12-14-21)24-23(17-29)25-22-10-6-5-7-18(22)15-16-27(25)28(24)26(30)20-8-3-2-4-9-20/h2-14,23-25,29H,15-17H2,1H3/t23-,24-,25+/m1/s1. The Labute approximate surface area is 182 Å². The minimum Gasteiger partial charge on any atom is -0.497 e. The van der Waals surface area contributed by atoms with Gasteiger partial charge in [-0.15, -0.1) is 0 Å². The van der Waals surface area contributed by atoms with Crippen molar-refractivity contribution in [3.05, 3.63) is 101 Å². The van der Waals surface area contributed by atoms with Crippen LogP contribution in [0.4, 0.5) is 0 Å². The van der Waals surface area contributed by atoms with Crippen molar-refractivity contribution in [2.45, 2.75) is 18.5 Å². The zero-order chi connectivity index (χ0) is 21.4. The van der Waals surface area contributed by atoms with Crippen molar-refractivity contribution in [3.63, 3.8) is 0 Å². The SMILES string of the molecule is COc1ccc([C@@H]2[C@@H](CO)[C@@H]3c4ccccc4CCN3N2C(=O)c2ccccc2)cc1. The van der Waals surface area contributed by atoms with Crippen molar-refractivity contribution >= 4 is 5.91 Å². The lowest BCUT2D eigenvalue weighted by Crippen LogP contribution is -2.45. The van der Waals surface area contributed by atoms with Gasteiger partial charge in [-0.1, -0.05) is 54.6 Å². The van der Waals surface area contributed by atoms with Crippen molar-refractivity contribution in [3.8, 4) is 5.75 Å². The number of hydrogen-bond acceptors (Lipinski definition) is 4. The van der Waals surface area contributed by atoms with Gasteiger partial charge in [-0.05, 0) is 47.4 Å². The molecule has 1 saturated heterocycles. The monoisotopic (exact) mass is 414 g/mol. The summed E-state index contributed by atoms with van der Waals surface area (Å²) < 4.78 is 5.33. The summed E-state index contributed by atoms with van der Waals surface area (Å²) in [6, 6.07) is 25.3. The van der Waals surface area contributed by atoms with Crippen LogP contribution >= 0.6 is 0 Å². The largest absolute Gasteiger partial charge is 0.497 e. The highest BCUT2D eigenvalue weighted by Crippen LogP contribution is 2.51. The minimum absolute atomic E-state index is 0.00916. The van der Waals surface area contributed by atoms with Crippen LogP contribution < -0.4 is 4.74 Å². The van der Waals surface area contributed by atoms with Gasteiger partial charge >= 0.3 is 0 Å². The van der Waals surface area contributed by atoms with E-state index in [4.69, 9.17) is 4.74 Å². The van der Waals surface area contributed by atoms with Crippen LogP contribution in [0, 0.1) is 5.92 Å². The molecule has 0 radical (unpaired) electrons. The lowest BCUT2D eigenvalue weighted by atomic mass is 9.82. The van der Waals surface area contributed by atoms with Crippen LogP contribution in [-0.4, -0.2) is 41.3 Å². The molecule has 5 rings (SSSR count). The lowest BCUT2D eigenvalue weighted by Gasteiger charge is -2.38. The molecule has 31 heavy (non-hydrogen) atoms. The normalized spacial score (nSPS) is 22.6. The molecule has 0 bridgehead atoms. The Balaban J connectivity index is 1.64. The number of nitrogens with zero attached hydrogens (tertiary/aromatic N) is 2. The summed E-state index contributed by atoms with van der Waals surface area (Å²) in [5, 5.41) is 14.6. The summed E-state index contributed by atoms with van der Waals surface area (Å²) >= 11 is 0. The molecule has 1 N–H and O–H groups in total. The second kappa shape index (κ2) is 8.17. The molecule has 3 aromatic carbocycles. The van der Waals surface area contributed by atoms with E-state index in [-0.39, 0.29) is 30.5 Å². The molecule has 0 unspecified atom stereocenters. The Morgan fingerprint density at radius 2 is 1.68 bits per heavy atom. The molecule has 0 aromatic heterocycles. The highest BCUT2D eigenvalue weighted by Gasteiger charge is 2.52. The molecular weight excluding hydrogens is 388 g/mol. The van der Waals surface area contributed by atoms with Crippen molar-refractivity contribution in [2.75, 3.05) is 20.3 Å². The summed E-state index contributed by atoms with van der Waals surface area (Å²) in [6.45, 7) is 0.730. The van der Waals surface area contributed by atoms with E-state index in [2.05, 4.69) is 23.2 Å². The number of rotatable bonds is 4. The Morgan fingerprint density at radius 3 is 2.39 bits per heavy atom. The van der Waals surface area contributed by atoms with E-state index in [9.17, 15) is 9.90 Å². The fraction of sp³-hybridized carbons (Fsp3) is 0.269. The first-order chi connectivity index (χ1) is 15.2. The van der Waals surface area contributed by atoms with Gasteiger partial charge in [-0.25, -0.2) is 5.01 Å². The van der Waals surface area contributed by atoms with Gasteiger partial charge in [-0.3, -0.25) is 9.80 Å². The maximum absolute atomic E-state index is 13.8. The molecule has 158 valence electrons. The third-order valence-corrected chi connectivity index (χ3v) is 6.55. The second-order valence-electron chi connectivity index (χ2n) is 8.14. The van der Waals surface area contributed by atoms with Crippen molar-refractivity contribution in [1.82, 2.24) is 10.0 Å². The molecular formula is C26H26N2O3. The van der Waals surface area contributed by atoms with Gasteiger partial charge in [0, 0.05) is 18.0 Å². The molecule has 2 heterocycles. The summed E-state index contributed by atoms with van der Waals surface area (Å²) in [5.41, 5.74) is 4.15. The third-order valence-electron chi connectivity index (χ3n) is 6.55. The molecule has 3 aromatic rings. The Hall–Kier alpha value is -3.15. The molecule has 1 fully saturated rings. The number of hydrazine groups is 1. The van der Waals surface area contributed by atoms with Crippen LogP contribution in [0.3, 0.4) is 0 Å². The van der Waals surface area contributed by atoms with Crippen LogP contribution in [0.15, 0.2) is 78.9 Å². The molecule has 0 saturated carbocycles. The van der Waals surface area contributed by atoms with Gasteiger partial charge in [0.05, 0.1) is 25.8 Å². The van der Waals surface area contributed by atoms with E-state index in [1.54, 1.807) is 7.11 Å². The molecule has 0 spiro atoms. The zero-order valence-electron chi connectivity index (χ0n) is 17.5. The van der Waals surface area contributed by atoms with E-state index in [0.717, 1.165) is 24.3 Å². The number of carbonyl (C=O) groups is 1. The zero-order valence-corrected chi connectivity index (χ0v) is 17.5. The van der Waals surface area contributed by atoms with Gasteiger partial charge in [0.15, 0.2) is 0 Å². The molecule has 2 aliphatic rings. The average Bonchev–Trinajstić information content (AvgIpc) is 3.19. The van der Waals surface area contributed by atoms with Crippen LogP contribution in [0.1, 0.15) is 39.1 Å². The molecule has 5 nitrogen and oxygen atoms in total. The van der Waals surface area contributed by atoms with E-state index >= 15 is 0 Å². The molecule has 5 heteroatoms. The van der Waals surface area contributed by atoms with E-state index in [1.807, 2.05) is 65.7 Å². The van der Waals surface area contributed by atoms with Gasteiger partial charge in [0.2, 0.25) is 0 Å². The van der Waals surface area contributed by atoms with E-state index in [0.29, 0.717) is 5.56 Å². The van der Waals surface area contributed by atoms with Gasteiger partial charge in [0.25, 0.3) is 5.91 Å². The smallest absolute Gasteiger partial charge is 0.268 e. The molecule has 1 amide bonds. The maximum Gasteiger partial charge on any atom is 0.268 e. The van der Waals surface area contributed by atoms with E-state index < -0.39 is 0 Å². The highest BCUT2D eigenvalue weighted by molar-refractivity contribution is 5.94. The van der Waals surface area contributed by atoms with Crippen LogP contribution in [0.25, 0.3) is 0 Å². The average molecular weight is 415 g/mol. The van der Waals surface area contributed by atoms with Gasteiger partial charge < -0.3 is 9.84 Å². The number of hydrogen-bond donors (Lipinski definition) is 1. The molecule has 0 aliphatic carbocycles. The first kappa shape index (κ1) is 19.8. The number of aliphatic hydroxyl groups excluding tert-OH is 1. The van der Waals surface area contributed by atoms with Crippen LogP contribution in [0.5, 0.6) is 5.75 Å². The fourth-order valence-corrected chi connectivity index (χ4v) is 5.14. The van der Waals surface area contributed by atoms with Crippen molar-refractivity contribution in [1.29, 1.82) is 0 Å². The Morgan fingerprint density at radius 1 is 0.968 bits per heavy atom. The Kier molecular flexibility index (Phi) is 5.22. The third kappa shape index (κ3) is 3.30. The topological polar surface area (TPSA) is 53.0 Å². The second-order valence-corrected chi connectivity index (χ2v) is 8.14. The predicted molar refractivity (Wildman–Crippen MR) is 119 cm³/mol. The summed E-state index contributed by atoms with van der Waals surface area (Å²) in [5.74, 6) is 0.593. The first-order valence-corrected chi connectivity index (χ1v) is 10.7. The number of amides is 1. The van der Waals surface area contributed by atoms with Crippen LogP contribution in [0.2, 0.25) is 0 Å². The lowest BCUT2D eigenvalue weighted by molar-refractivity contribution is -0.0158. The number of ether oxygens (including phenoxy) is 1. The van der Waals surface area contributed by atoms with Crippen LogP contribution in [-0.2, 0) is 6.42 Å². The number of aliphatic hydroxyl groups is 1. The number of methoxy groups -OCH3 is 1. The molecule has 3 atom stereocenters. The van der Waals surface area contributed by atoms with Crippen molar-refractivity contribution < 1.29 is 14.6 Å². The first-order valence-electron chi connectivity index (χ1n) is 10.7. The highest BCUT2D eigenvalue weighted by atomic mass is 16.5. The Bertz CT molecular complexity index is 1070. The number of benzene rings is 3. The molecule has 2 aliphatic heterocycles. The quantitative estimate of drug-likeness (QED) is 0.701. The summed E-state index contributed by atoms with van der Waals surface area (Å²) in [4.78, 5) is 13.8.